The molecule has 2 atom stereocenters. The summed E-state index contributed by atoms with van der Waals surface area (Å²) in [6.45, 7) is 4.25. The van der Waals surface area contributed by atoms with Crippen LogP contribution in [0.5, 0.6) is 0 Å². The largest absolute Gasteiger partial charge is 0.385 e. The van der Waals surface area contributed by atoms with Crippen molar-refractivity contribution in [1.82, 2.24) is 0 Å². The van der Waals surface area contributed by atoms with Crippen molar-refractivity contribution in [2.24, 2.45) is 0 Å². The number of hydrogen-bond acceptors (Lipinski definition) is 2. The molecule has 2 nitrogen and oxygen atoms in total. The number of aliphatic hydroxyl groups is 2. The predicted molar refractivity (Wildman–Crippen MR) is 67.2 cm³/mol. The molecule has 0 heterocycles. The van der Waals surface area contributed by atoms with Crippen LogP contribution in [0.3, 0.4) is 0 Å². The van der Waals surface area contributed by atoms with Crippen molar-refractivity contribution >= 4 is 0 Å². The summed E-state index contributed by atoms with van der Waals surface area (Å²) in [6, 6.07) is 0. The van der Waals surface area contributed by atoms with E-state index in [1.165, 1.54) is 0 Å². The first-order valence-corrected chi connectivity index (χ1v) is 6.42. The molecule has 0 radical (unpaired) electrons. The van der Waals surface area contributed by atoms with Gasteiger partial charge in [0.2, 0.25) is 0 Å². The molecule has 0 spiro atoms. The summed E-state index contributed by atoms with van der Waals surface area (Å²) in [6.07, 6.45) is 10.7. The fraction of sp³-hybridized carbons (Fsp3) is 0.714. The number of hydrogen-bond donors (Lipinski definition) is 2. The Hall–Kier alpha value is -0.600. The predicted octanol–water partition coefficient (Wildman–Crippen LogP) is 2.96. The highest BCUT2D eigenvalue weighted by atomic mass is 16.3. The first-order chi connectivity index (χ1) is 7.61. The molecule has 92 valence electrons. The summed E-state index contributed by atoms with van der Waals surface area (Å²) in [4.78, 5) is 0. The van der Waals surface area contributed by atoms with E-state index >= 15 is 0 Å². The minimum atomic E-state index is -0.821. The Balaban J connectivity index is 2.66. The highest BCUT2D eigenvalue weighted by Crippen LogP contribution is 2.28. The van der Waals surface area contributed by atoms with E-state index in [-0.39, 0.29) is 0 Å². The fourth-order valence-electron chi connectivity index (χ4n) is 2.05. The van der Waals surface area contributed by atoms with E-state index < -0.39 is 11.7 Å². The standard InChI is InChI=1S/C14H24O2/c1-3-5-7-12-11-14(16,9-6-4-2)10-8-13(12)15/h8,10-11,13,15-16H,3-7,9H2,1-2H3. The fourth-order valence-corrected chi connectivity index (χ4v) is 2.05. The molecule has 0 amide bonds. The number of rotatable bonds is 6. The van der Waals surface area contributed by atoms with Gasteiger partial charge in [0.1, 0.15) is 5.60 Å². The SMILES string of the molecule is CCCCC1=CC(O)(CCCC)C=CC1O. The van der Waals surface area contributed by atoms with Crippen molar-refractivity contribution in [2.75, 3.05) is 0 Å². The molecule has 1 aliphatic carbocycles. The minimum Gasteiger partial charge on any atom is -0.385 e. The highest BCUT2D eigenvalue weighted by molar-refractivity contribution is 5.30. The van der Waals surface area contributed by atoms with Gasteiger partial charge in [-0.2, -0.15) is 0 Å². The Morgan fingerprint density at radius 3 is 2.56 bits per heavy atom. The maximum absolute atomic E-state index is 10.3. The second kappa shape index (κ2) is 6.21. The van der Waals surface area contributed by atoms with Crippen LogP contribution in [0.25, 0.3) is 0 Å². The average Bonchev–Trinajstić information content (AvgIpc) is 2.28. The highest BCUT2D eigenvalue weighted by Gasteiger charge is 2.26. The lowest BCUT2D eigenvalue weighted by molar-refractivity contribution is 0.119. The second-order valence-electron chi connectivity index (χ2n) is 4.72. The lowest BCUT2D eigenvalue weighted by Crippen LogP contribution is -2.29. The van der Waals surface area contributed by atoms with Gasteiger partial charge in [-0.25, -0.2) is 0 Å². The minimum absolute atomic E-state index is 0.492. The first kappa shape index (κ1) is 13.5. The smallest absolute Gasteiger partial charge is 0.101 e. The van der Waals surface area contributed by atoms with Gasteiger partial charge in [0, 0.05) is 0 Å². The summed E-state index contributed by atoms with van der Waals surface area (Å²) < 4.78 is 0. The van der Waals surface area contributed by atoms with E-state index in [2.05, 4.69) is 13.8 Å². The van der Waals surface area contributed by atoms with Crippen LogP contribution < -0.4 is 0 Å². The molecule has 2 heteroatoms. The van der Waals surface area contributed by atoms with Crippen LogP contribution in [0.2, 0.25) is 0 Å². The molecule has 0 bridgehead atoms. The van der Waals surface area contributed by atoms with Gasteiger partial charge < -0.3 is 10.2 Å². The van der Waals surface area contributed by atoms with E-state index in [9.17, 15) is 10.2 Å². The normalized spacial score (nSPS) is 29.2. The van der Waals surface area contributed by atoms with Crippen molar-refractivity contribution in [3.63, 3.8) is 0 Å². The molecular formula is C14H24O2. The van der Waals surface area contributed by atoms with E-state index in [4.69, 9.17) is 0 Å². The van der Waals surface area contributed by atoms with Crippen LogP contribution in [0, 0.1) is 0 Å². The van der Waals surface area contributed by atoms with Gasteiger partial charge in [-0.05, 0) is 30.9 Å². The van der Waals surface area contributed by atoms with Gasteiger partial charge in [-0.15, -0.1) is 0 Å². The van der Waals surface area contributed by atoms with Gasteiger partial charge in [-0.1, -0.05) is 45.3 Å². The number of aliphatic hydroxyl groups excluding tert-OH is 1. The van der Waals surface area contributed by atoms with Crippen molar-refractivity contribution in [1.29, 1.82) is 0 Å². The molecule has 1 rings (SSSR count). The molecule has 0 aliphatic heterocycles. The average molecular weight is 224 g/mol. The maximum atomic E-state index is 10.3. The van der Waals surface area contributed by atoms with Crippen molar-refractivity contribution in [3.05, 3.63) is 23.8 Å². The van der Waals surface area contributed by atoms with Crippen molar-refractivity contribution in [3.8, 4) is 0 Å². The topological polar surface area (TPSA) is 40.5 Å². The summed E-state index contributed by atoms with van der Waals surface area (Å²) in [5.41, 5.74) is 0.154. The quantitative estimate of drug-likeness (QED) is 0.681. The maximum Gasteiger partial charge on any atom is 0.101 e. The van der Waals surface area contributed by atoms with Crippen LogP contribution in [0.1, 0.15) is 52.4 Å². The summed E-state index contributed by atoms with van der Waals surface area (Å²) in [7, 11) is 0. The molecule has 0 aromatic rings. The van der Waals surface area contributed by atoms with Crippen molar-refractivity contribution in [2.45, 2.75) is 64.1 Å². The molecule has 16 heavy (non-hydrogen) atoms. The van der Waals surface area contributed by atoms with Gasteiger partial charge in [-0.3, -0.25) is 0 Å². The molecule has 0 aromatic carbocycles. The molecule has 2 N–H and O–H groups in total. The van der Waals surface area contributed by atoms with E-state index in [0.717, 1.165) is 44.1 Å². The molecule has 0 aromatic heterocycles. The molecule has 0 saturated heterocycles. The Kier molecular flexibility index (Phi) is 5.23. The first-order valence-electron chi connectivity index (χ1n) is 6.42. The summed E-state index contributed by atoms with van der Waals surface area (Å²) in [5.74, 6) is 0. The Morgan fingerprint density at radius 1 is 1.25 bits per heavy atom. The zero-order valence-electron chi connectivity index (χ0n) is 10.4. The molecular weight excluding hydrogens is 200 g/mol. The number of unbranched alkanes of at least 4 members (excludes halogenated alkanes) is 2. The third-order valence-corrected chi connectivity index (χ3v) is 3.13. The van der Waals surface area contributed by atoms with Crippen LogP contribution in [-0.2, 0) is 0 Å². The molecule has 0 fully saturated rings. The monoisotopic (exact) mass is 224 g/mol. The van der Waals surface area contributed by atoms with Crippen LogP contribution in [-0.4, -0.2) is 21.9 Å². The lowest BCUT2D eigenvalue weighted by Gasteiger charge is -2.28. The second-order valence-corrected chi connectivity index (χ2v) is 4.72. The van der Waals surface area contributed by atoms with Crippen LogP contribution in [0.4, 0.5) is 0 Å². The molecule has 1 aliphatic rings. The zero-order chi connectivity index (χ0) is 12.0. The van der Waals surface area contributed by atoms with E-state index in [1.54, 1.807) is 12.2 Å². The van der Waals surface area contributed by atoms with Gasteiger partial charge in [0.15, 0.2) is 0 Å². The Morgan fingerprint density at radius 2 is 1.94 bits per heavy atom. The van der Waals surface area contributed by atoms with Gasteiger partial charge in [0.25, 0.3) is 0 Å². The summed E-state index contributed by atoms with van der Waals surface area (Å²) >= 11 is 0. The lowest BCUT2D eigenvalue weighted by atomic mass is 9.86. The zero-order valence-corrected chi connectivity index (χ0v) is 10.4. The van der Waals surface area contributed by atoms with E-state index in [0.29, 0.717) is 0 Å². The van der Waals surface area contributed by atoms with Crippen LogP contribution in [0.15, 0.2) is 23.8 Å². The van der Waals surface area contributed by atoms with Gasteiger partial charge in [0.05, 0.1) is 6.10 Å². The van der Waals surface area contributed by atoms with Gasteiger partial charge >= 0.3 is 0 Å². The Bertz CT molecular complexity index is 268. The van der Waals surface area contributed by atoms with Crippen LogP contribution >= 0.6 is 0 Å². The Labute approximate surface area is 98.7 Å². The third-order valence-electron chi connectivity index (χ3n) is 3.13. The molecule has 2 unspecified atom stereocenters. The van der Waals surface area contributed by atoms with Crippen molar-refractivity contribution < 1.29 is 10.2 Å². The third kappa shape index (κ3) is 3.76. The van der Waals surface area contributed by atoms with E-state index in [1.807, 2.05) is 6.08 Å². The summed E-state index contributed by atoms with van der Waals surface area (Å²) in [5, 5.41) is 20.1. The molecule has 0 saturated carbocycles.